The number of hydrogen-bond acceptors (Lipinski definition) is 3. The van der Waals surface area contributed by atoms with Gasteiger partial charge in [0, 0.05) is 31.0 Å². The first-order valence-corrected chi connectivity index (χ1v) is 7.51. The maximum Gasteiger partial charge on any atom is 0.0913 e. The highest BCUT2D eigenvalue weighted by Gasteiger charge is 2.30. The molecule has 106 valence electrons. The average Bonchev–Trinajstić information content (AvgIpc) is 2.38. The molecule has 0 radical (unpaired) electrons. The Balaban J connectivity index is 2.42. The van der Waals surface area contributed by atoms with E-state index in [1.807, 2.05) is 0 Å². The number of nitrogens with one attached hydrogen (secondary N) is 1. The van der Waals surface area contributed by atoms with Gasteiger partial charge < -0.3 is 14.4 Å². The van der Waals surface area contributed by atoms with E-state index < -0.39 is 0 Å². The third-order valence-corrected chi connectivity index (χ3v) is 4.64. The van der Waals surface area contributed by atoms with Crippen LogP contribution in [0.15, 0.2) is 18.2 Å². The summed E-state index contributed by atoms with van der Waals surface area (Å²) in [5.74, 6) is 0. The molecule has 0 bridgehead atoms. The van der Waals surface area contributed by atoms with Crippen LogP contribution in [0.4, 0.5) is 0 Å². The molecule has 0 spiro atoms. The van der Waals surface area contributed by atoms with Gasteiger partial charge >= 0.3 is 0 Å². The second-order valence-corrected chi connectivity index (χ2v) is 6.19. The van der Waals surface area contributed by atoms with Crippen molar-refractivity contribution in [1.82, 2.24) is 5.32 Å². The van der Waals surface area contributed by atoms with Crippen molar-refractivity contribution in [1.29, 1.82) is 0 Å². The minimum absolute atomic E-state index is 0.292. The van der Waals surface area contributed by atoms with E-state index >= 15 is 0 Å². The van der Waals surface area contributed by atoms with Crippen molar-refractivity contribution < 1.29 is 9.05 Å². The fourth-order valence-corrected chi connectivity index (χ4v) is 3.20. The third-order valence-electron chi connectivity index (χ3n) is 3.86. The van der Waals surface area contributed by atoms with Gasteiger partial charge in [0.25, 0.3) is 0 Å². The fourth-order valence-electron chi connectivity index (χ4n) is 2.84. The number of hydrogen-bond donors (Lipinski definition) is 1. The lowest BCUT2D eigenvalue weighted by atomic mass is 9.82. The molecular formula is C14H23NO2P2. The second-order valence-electron chi connectivity index (χ2n) is 5.62. The van der Waals surface area contributed by atoms with Gasteiger partial charge in [0.05, 0.1) is 12.2 Å². The molecule has 1 N–H and O–H groups in total. The molecule has 19 heavy (non-hydrogen) atoms. The van der Waals surface area contributed by atoms with Gasteiger partial charge in [-0.15, -0.1) is 0 Å². The summed E-state index contributed by atoms with van der Waals surface area (Å²) in [7, 11) is 4.71. The Bertz CT molecular complexity index is 451. The second kappa shape index (κ2) is 6.16. The smallest absolute Gasteiger partial charge is 0.0913 e. The van der Waals surface area contributed by atoms with Crippen molar-refractivity contribution in [2.45, 2.75) is 44.9 Å². The van der Waals surface area contributed by atoms with Gasteiger partial charge in [0.2, 0.25) is 0 Å². The van der Waals surface area contributed by atoms with Crippen molar-refractivity contribution in [2.24, 2.45) is 0 Å². The van der Waals surface area contributed by atoms with E-state index in [1.165, 1.54) is 16.7 Å². The maximum absolute atomic E-state index is 5.58. The van der Waals surface area contributed by atoms with E-state index in [-0.39, 0.29) is 5.60 Å². The lowest BCUT2D eigenvalue weighted by molar-refractivity contribution is 0.136. The third kappa shape index (κ3) is 3.17. The lowest BCUT2D eigenvalue weighted by Crippen LogP contribution is -2.42. The summed E-state index contributed by atoms with van der Waals surface area (Å²) >= 11 is 0. The predicted molar refractivity (Wildman–Crippen MR) is 85.0 cm³/mol. The zero-order chi connectivity index (χ0) is 14.0. The zero-order valence-electron chi connectivity index (χ0n) is 11.8. The lowest BCUT2D eigenvalue weighted by Gasteiger charge is -2.35. The van der Waals surface area contributed by atoms with Gasteiger partial charge in [-0.3, -0.25) is 0 Å². The Morgan fingerprint density at radius 2 is 2.11 bits per heavy atom. The van der Waals surface area contributed by atoms with Gasteiger partial charge in [-0.1, -0.05) is 18.2 Å². The highest BCUT2D eigenvalue weighted by Crippen LogP contribution is 2.36. The van der Waals surface area contributed by atoms with Crippen LogP contribution in [0.3, 0.4) is 0 Å². The predicted octanol–water partition coefficient (Wildman–Crippen LogP) is 3.11. The van der Waals surface area contributed by atoms with Crippen LogP contribution in [-0.2, 0) is 21.1 Å². The van der Waals surface area contributed by atoms with Gasteiger partial charge in [-0.25, -0.2) is 0 Å². The normalized spacial score (nSPS) is 23.2. The van der Waals surface area contributed by atoms with Crippen molar-refractivity contribution in [3.8, 4) is 0 Å². The van der Waals surface area contributed by atoms with Crippen LogP contribution in [0.1, 0.15) is 43.5 Å². The number of rotatable bonds is 4. The van der Waals surface area contributed by atoms with Crippen LogP contribution in [0.25, 0.3) is 0 Å². The first kappa shape index (κ1) is 15.4. The van der Waals surface area contributed by atoms with E-state index in [4.69, 9.17) is 9.05 Å². The van der Waals surface area contributed by atoms with Crippen molar-refractivity contribution in [2.75, 3.05) is 6.61 Å². The van der Waals surface area contributed by atoms with Gasteiger partial charge in [0.15, 0.2) is 0 Å². The average molecular weight is 299 g/mol. The molecule has 0 aromatic heterocycles. The van der Waals surface area contributed by atoms with Crippen LogP contribution in [0.2, 0.25) is 0 Å². The molecule has 5 heteroatoms. The summed E-state index contributed by atoms with van der Waals surface area (Å²) in [6, 6.07) is 7.17. The fraction of sp³-hybridized carbons (Fsp3) is 0.571. The molecule has 0 fully saturated rings. The molecular weight excluding hydrogens is 276 g/mol. The van der Waals surface area contributed by atoms with Crippen LogP contribution in [-0.4, -0.2) is 12.6 Å². The topological polar surface area (TPSA) is 30.5 Å². The number of fused-ring (bicyclic) bond motifs is 1. The highest BCUT2D eigenvalue weighted by atomic mass is 31.0. The summed E-state index contributed by atoms with van der Waals surface area (Å²) in [6.45, 7) is 7.10. The van der Waals surface area contributed by atoms with Crippen molar-refractivity contribution >= 4 is 18.9 Å². The molecule has 4 atom stereocenters. The quantitative estimate of drug-likeness (QED) is 0.867. The van der Waals surface area contributed by atoms with Crippen LogP contribution in [0, 0.1) is 0 Å². The summed E-state index contributed by atoms with van der Waals surface area (Å²) in [6.07, 6.45) is 0.974. The first-order valence-electron chi connectivity index (χ1n) is 6.57. The molecule has 2 rings (SSSR count). The molecule has 0 saturated carbocycles. The van der Waals surface area contributed by atoms with E-state index in [1.54, 1.807) is 0 Å². The molecule has 1 aromatic rings. The Labute approximate surface area is 120 Å². The molecule has 1 aromatic carbocycles. The van der Waals surface area contributed by atoms with Crippen LogP contribution < -0.4 is 5.32 Å². The standard InChI is InChI=1S/C14H23NO2P2/c1-9-11-5-4-6-13(14(2,3)17-19)12(11)7-10(15-9)8-16-18/h4-6,9-10,15H,7-8,18-19H2,1-3H3/t9?,10-/m1/s1. The van der Waals surface area contributed by atoms with Gasteiger partial charge in [0.1, 0.15) is 0 Å². The molecule has 1 aliphatic heterocycles. The molecule has 1 heterocycles. The maximum atomic E-state index is 5.58. The molecule has 3 nitrogen and oxygen atoms in total. The highest BCUT2D eigenvalue weighted by molar-refractivity contribution is 7.10. The Morgan fingerprint density at radius 1 is 1.37 bits per heavy atom. The zero-order valence-corrected chi connectivity index (χ0v) is 14.1. The molecule has 0 aliphatic carbocycles. The first-order chi connectivity index (χ1) is 8.99. The minimum Gasteiger partial charge on any atom is -0.364 e. The molecule has 3 unspecified atom stereocenters. The summed E-state index contributed by atoms with van der Waals surface area (Å²) in [4.78, 5) is 0. The van der Waals surface area contributed by atoms with E-state index in [0.717, 1.165) is 6.42 Å². The molecule has 1 aliphatic rings. The molecule has 0 saturated heterocycles. The van der Waals surface area contributed by atoms with Crippen LogP contribution >= 0.6 is 18.9 Å². The van der Waals surface area contributed by atoms with Crippen molar-refractivity contribution in [3.63, 3.8) is 0 Å². The SMILES string of the molecule is CC1N[C@@H](COP)Cc2c1cccc2C(C)(C)OP. The van der Waals surface area contributed by atoms with E-state index in [9.17, 15) is 0 Å². The Morgan fingerprint density at radius 3 is 2.74 bits per heavy atom. The van der Waals surface area contributed by atoms with E-state index in [2.05, 4.69) is 63.2 Å². The summed E-state index contributed by atoms with van der Waals surface area (Å²) < 4.78 is 10.8. The van der Waals surface area contributed by atoms with Gasteiger partial charge in [-0.2, -0.15) is 0 Å². The van der Waals surface area contributed by atoms with Crippen molar-refractivity contribution in [3.05, 3.63) is 34.9 Å². The van der Waals surface area contributed by atoms with Crippen LogP contribution in [0.5, 0.6) is 0 Å². The molecule has 0 amide bonds. The number of benzene rings is 1. The van der Waals surface area contributed by atoms with E-state index in [0.29, 0.717) is 18.7 Å². The minimum atomic E-state index is -0.292. The Hall–Kier alpha value is -0.0400. The summed E-state index contributed by atoms with van der Waals surface area (Å²) in [5, 5.41) is 3.59. The largest absolute Gasteiger partial charge is 0.364 e. The Kier molecular flexibility index (Phi) is 4.98. The summed E-state index contributed by atoms with van der Waals surface area (Å²) in [5.41, 5.74) is 3.74. The van der Waals surface area contributed by atoms with Gasteiger partial charge in [-0.05, 0) is 43.9 Å². The monoisotopic (exact) mass is 299 g/mol.